The zero-order valence-electron chi connectivity index (χ0n) is 12.2. The highest BCUT2D eigenvalue weighted by molar-refractivity contribution is 14.0. The van der Waals surface area contributed by atoms with Crippen LogP contribution in [0.5, 0.6) is 0 Å². The largest absolute Gasteiger partial charge is 0.469 e. The Morgan fingerprint density at radius 2 is 2.20 bits per heavy atom. The lowest BCUT2D eigenvalue weighted by Gasteiger charge is -2.17. The Morgan fingerprint density at radius 1 is 1.40 bits per heavy atom. The van der Waals surface area contributed by atoms with E-state index in [1.165, 1.54) is 25.7 Å². The number of hydrogen-bond donors (Lipinski definition) is 2. The minimum absolute atomic E-state index is 0. The summed E-state index contributed by atoms with van der Waals surface area (Å²) < 4.78 is 5.33. The first kappa shape index (κ1) is 17.3. The Morgan fingerprint density at radius 3 is 2.85 bits per heavy atom. The molecule has 1 aromatic heterocycles. The van der Waals surface area contributed by atoms with Gasteiger partial charge in [0.15, 0.2) is 5.96 Å². The molecule has 0 unspecified atom stereocenters. The monoisotopic (exact) mass is 391 g/mol. The molecule has 1 saturated carbocycles. The molecule has 1 aromatic rings. The van der Waals surface area contributed by atoms with Crippen LogP contribution in [-0.2, 0) is 6.42 Å². The van der Waals surface area contributed by atoms with E-state index in [0.29, 0.717) is 6.04 Å². The summed E-state index contributed by atoms with van der Waals surface area (Å²) in [5, 5.41) is 6.94. The molecule has 1 heterocycles. The predicted molar refractivity (Wildman–Crippen MR) is 93.8 cm³/mol. The van der Waals surface area contributed by atoms with Gasteiger partial charge in [-0.1, -0.05) is 19.8 Å². The first-order chi connectivity index (χ1) is 9.38. The molecule has 1 aliphatic carbocycles. The molecular formula is C15H26IN3O. The van der Waals surface area contributed by atoms with E-state index in [1.807, 2.05) is 12.1 Å². The van der Waals surface area contributed by atoms with Crippen LogP contribution >= 0.6 is 24.0 Å². The number of nitrogens with zero attached hydrogens (tertiary/aromatic N) is 1. The van der Waals surface area contributed by atoms with Crippen molar-refractivity contribution >= 4 is 29.9 Å². The Kier molecular flexibility index (Phi) is 8.73. The van der Waals surface area contributed by atoms with Gasteiger partial charge < -0.3 is 15.1 Å². The van der Waals surface area contributed by atoms with Crippen molar-refractivity contribution in [3.8, 4) is 0 Å². The molecule has 114 valence electrons. The van der Waals surface area contributed by atoms with E-state index in [1.54, 1.807) is 6.26 Å². The molecule has 0 saturated heterocycles. The fourth-order valence-corrected chi connectivity index (χ4v) is 2.40. The van der Waals surface area contributed by atoms with Crippen LogP contribution in [0, 0.1) is 0 Å². The van der Waals surface area contributed by atoms with Gasteiger partial charge in [-0.05, 0) is 31.4 Å². The van der Waals surface area contributed by atoms with E-state index in [4.69, 9.17) is 4.42 Å². The third-order valence-electron chi connectivity index (χ3n) is 3.43. The lowest BCUT2D eigenvalue weighted by atomic mass is 10.2. The maximum absolute atomic E-state index is 5.33. The van der Waals surface area contributed by atoms with Gasteiger partial charge >= 0.3 is 0 Å². The van der Waals surface area contributed by atoms with Crippen molar-refractivity contribution in [1.82, 2.24) is 10.6 Å². The van der Waals surface area contributed by atoms with Gasteiger partial charge in [-0.3, -0.25) is 4.99 Å². The third-order valence-corrected chi connectivity index (χ3v) is 3.43. The van der Waals surface area contributed by atoms with Crippen molar-refractivity contribution in [2.45, 2.75) is 51.5 Å². The van der Waals surface area contributed by atoms with Crippen molar-refractivity contribution in [3.05, 3.63) is 24.2 Å². The zero-order chi connectivity index (χ0) is 13.3. The average molecular weight is 391 g/mol. The summed E-state index contributed by atoms with van der Waals surface area (Å²) in [5.41, 5.74) is 0. The summed E-state index contributed by atoms with van der Waals surface area (Å²) in [6.07, 6.45) is 8.91. The van der Waals surface area contributed by atoms with Crippen LogP contribution in [0.1, 0.15) is 44.8 Å². The second kappa shape index (κ2) is 10.1. The molecule has 0 aromatic carbocycles. The molecule has 0 bridgehead atoms. The highest BCUT2D eigenvalue weighted by Crippen LogP contribution is 2.17. The van der Waals surface area contributed by atoms with Crippen LogP contribution in [0.3, 0.4) is 0 Å². The number of nitrogens with one attached hydrogen (secondary N) is 2. The van der Waals surface area contributed by atoms with Crippen molar-refractivity contribution < 1.29 is 4.42 Å². The summed E-state index contributed by atoms with van der Waals surface area (Å²) in [5.74, 6) is 1.98. The first-order valence-electron chi connectivity index (χ1n) is 7.45. The van der Waals surface area contributed by atoms with E-state index in [2.05, 4.69) is 22.5 Å². The van der Waals surface area contributed by atoms with Gasteiger partial charge in [0.05, 0.1) is 6.26 Å². The molecule has 2 N–H and O–H groups in total. The number of rotatable bonds is 6. The molecule has 1 aliphatic rings. The molecule has 2 rings (SSSR count). The fraction of sp³-hybridized carbons (Fsp3) is 0.667. The summed E-state index contributed by atoms with van der Waals surface area (Å²) in [6, 6.07) is 4.54. The normalized spacial score (nSPS) is 15.9. The van der Waals surface area contributed by atoms with Crippen molar-refractivity contribution in [3.63, 3.8) is 0 Å². The van der Waals surface area contributed by atoms with Crippen molar-refractivity contribution in [2.24, 2.45) is 4.99 Å². The molecule has 0 amide bonds. The lowest BCUT2D eigenvalue weighted by Crippen LogP contribution is -2.43. The minimum Gasteiger partial charge on any atom is -0.469 e. The first-order valence-corrected chi connectivity index (χ1v) is 7.45. The van der Waals surface area contributed by atoms with Gasteiger partial charge in [0, 0.05) is 25.6 Å². The number of guanidine groups is 1. The van der Waals surface area contributed by atoms with Crippen LogP contribution in [0.4, 0.5) is 0 Å². The molecule has 0 radical (unpaired) electrons. The molecule has 0 aliphatic heterocycles. The Balaban J connectivity index is 0.00000200. The van der Waals surface area contributed by atoms with Gasteiger partial charge in [-0.2, -0.15) is 0 Å². The number of aliphatic imine (C=N–C) groups is 1. The fourth-order valence-electron chi connectivity index (χ4n) is 2.40. The van der Waals surface area contributed by atoms with E-state index in [9.17, 15) is 0 Å². The molecular weight excluding hydrogens is 365 g/mol. The Labute approximate surface area is 138 Å². The van der Waals surface area contributed by atoms with Crippen LogP contribution in [0.2, 0.25) is 0 Å². The molecule has 5 heteroatoms. The molecule has 4 nitrogen and oxygen atoms in total. The highest BCUT2D eigenvalue weighted by Gasteiger charge is 2.15. The topological polar surface area (TPSA) is 49.6 Å². The van der Waals surface area contributed by atoms with Crippen molar-refractivity contribution in [1.29, 1.82) is 0 Å². The lowest BCUT2D eigenvalue weighted by molar-refractivity contribution is 0.506. The summed E-state index contributed by atoms with van der Waals surface area (Å²) in [6.45, 7) is 3.89. The third kappa shape index (κ3) is 6.15. The van der Waals surface area contributed by atoms with Crippen LogP contribution in [-0.4, -0.2) is 25.1 Å². The minimum atomic E-state index is 0. The standard InChI is InChI=1S/C15H25N3O.HI/c1-2-10-16-15(18-13-6-3-4-7-13)17-11-9-14-8-5-12-19-14;/h5,8,12-13H,2-4,6-7,9-11H2,1H3,(H2,16,17,18);1H. The van der Waals surface area contributed by atoms with Gasteiger partial charge in [0.2, 0.25) is 0 Å². The van der Waals surface area contributed by atoms with Crippen molar-refractivity contribution in [2.75, 3.05) is 13.1 Å². The second-order valence-electron chi connectivity index (χ2n) is 5.11. The smallest absolute Gasteiger partial charge is 0.191 e. The van der Waals surface area contributed by atoms with Crippen LogP contribution in [0.15, 0.2) is 27.8 Å². The van der Waals surface area contributed by atoms with Gasteiger partial charge in [0.25, 0.3) is 0 Å². The highest BCUT2D eigenvalue weighted by atomic mass is 127. The van der Waals surface area contributed by atoms with Gasteiger partial charge in [-0.15, -0.1) is 24.0 Å². The van der Waals surface area contributed by atoms with Crippen LogP contribution in [0.25, 0.3) is 0 Å². The van der Waals surface area contributed by atoms with Crippen LogP contribution < -0.4 is 10.6 Å². The quantitative estimate of drug-likeness (QED) is 0.444. The molecule has 0 atom stereocenters. The number of hydrogen-bond acceptors (Lipinski definition) is 2. The van der Waals surface area contributed by atoms with Gasteiger partial charge in [-0.25, -0.2) is 0 Å². The van der Waals surface area contributed by atoms with E-state index >= 15 is 0 Å². The zero-order valence-corrected chi connectivity index (χ0v) is 14.6. The SMILES string of the molecule is CCCN=C(NCCc1ccco1)NC1CCCC1.I. The maximum Gasteiger partial charge on any atom is 0.191 e. The molecule has 20 heavy (non-hydrogen) atoms. The number of furan rings is 1. The maximum atomic E-state index is 5.33. The Hall–Kier alpha value is -0.720. The number of halogens is 1. The average Bonchev–Trinajstić information content (AvgIpc) is 3.08. The Bertz CT molecular complexity index is 372. The summed E-state index contributed by atoms with van der Waals surface area (Å²) in [7, 11) is 0. The van der Waals surface area contributed by atoms with E-state index in [0.717, 1.165) is 37.7 Å². The predicted octanol–water partition coefficient (Wildman–Crippen LogP) is 3.33. The second-order valence-corrected chi connectivity index (χ2v) is 5.11. The van der Waals surface area contributed by atoms with Gasteiger partial charge in [0.1, 0.15) is 5.76 Å². The van der Waals surface area contributed by atoms with E-state index in [-0.39, 0.29) is 24.0 Å². The molecule has 0 spiro atoms. The summed E-state index contributed by atoms with van der Waals surface area (Å²) >= 11 is 0. The molecule has 1 fully saturated rings. The summed E-state index contributed by atoms with van der Waals surface area (Å²) in [4.78, 5) is 4.59. The van der Waals surface area contributed by atoms with E-state index < -0.39 is 0 Å².